The Labute approximate surface area is 117 Å². The van der Waals surface area contributed by atoms with Gasteiger partial charge in [-0.3, -0.25) is 0 Å². The third-order valence-corrected chi connectivity index (χ3v) is 4.52. The predicted molar refractivity (Wildman–Crippen MR) is 75.3 cm³/mol. The SMILES string of the molecule is NN=NC(=Nc1ccccc1)S(=O)(=O)CC1CCOC1. The maximum absolute atomic E-state index is 12.3. The van der Waals surface area contributed by atoms with E-state index in [2.05, 4.69) is 15.3 Å². The fourth-order valence-corrected chi connectivity index (χ4v) is 3.36. The summed E-state index contributed by atoms with van der Waals surface area (Å²) < 4.78 is 29.7. The molecule has 0 bridgehead atoms. The summed E-state index contributed by atoms with van der Waals surface area (Å²) >= 11 is 0. The van der Waals surface area contributed by atoms with E-state index in [0.29, 0.717) is 18.9 Å². The first kappa shape index (κ1) is 14.6. The van der Waals surface area contributed by atoms with Crippen LogP contribution in [0, 0.1) is 5.92 Å². The molecule has 20 heavy (non-hydrogen) atoms. The van der Waals surface area contributed by atoms with Gasteiger partial charge in [-0.2, -0.15) is 0 Å². The van der Waals surface area contributed by atoms with E-state index in [1.807, 2.05) is 6.07 Å². The van der Waals surface area contributed by atoms with Crippen LogP contribution in [-0.4, -0.2) is 32.6 Å². The second kappa shape index (κ2) is 6.58. The van der Waals surface area contributed by atoms with Gasteiger partial charge in [-0.15, -0.1) is 0 Å². The molecule has 108 valence electrons. The Morgan fingerprint density at radius 2 is 2.10 bits per heavy atom. The van der Waals surface area contributed by atoms with Gasteiger partial charge < -0.3 is 10.6 Å². The van der Waals surface area contributed by atoms with Crippen LogP contribution in [0.2, 0.25) is 0 Å². The number of rotatable bonds is 3. The highest BCUT2D eigenvalue weighted by Gasteiger charge is 2.28. The van der Waals surface area contributed by atoms with Crippen molar-refractivity contribution in [2.45, 2.75) is 6.42 Å². The normalized spacial score (nSPS) is 20.6. The van der Waals surface area contributed by atoms with Crippen LogP contribution in [-0.2, 0) is 14.6 Å². The van der Waals surface area contributed by atoms with E-state index < -0.39 is 9.84 Å². The Bertz CT molecular complexity index is 592. The highest BCUT2D eigenvalue weighted by molar-refractivity contribution is 8.06. The summed E-state index contributed by atoms with van der Waals surface area (Å²) in [5.41, 5.74) is 0.487. The number of nitrogens with zero attached hydrogens (tertiary/aromatic N) is 3. The van der Waals surface area contributed by atoms with Crippen molar-refractivity contribution in [3.63, 3.8) is 0 Å². The smallest absolute Gasteiger partial charge is 0.269 e. The molecular formula is C12H16N4O3S. The topological polar surface area (TPSA) is 106 Å². The van der Waals surface area contributed by atoms with E-state index in [0.717, 1.165) is 6.42 Å². The molecular weight excluding hydrogens is 280 g/mol. The van der Waals surface area contributed by atoms with Crippen LogP contribution in [0.15, 0.2) is 45.7 Å². The lowest BCUT2D eigenvalue weighted by Crippen LogP contribution is -2.22. The number of hydrogen-bond acceptors (Lipinski definition) is 5. The van der Waals surface area contributed by atoms with Crippen molar-refractivity contribution >= 4 is 20.7 Å². The Balaban J connectivity index is 2.25. The van der Waals surface area contributed by atoms with Crippen LogP contribution in [0.4, 0.5) is 5.69 Å². The molecule has 0 amide bonds. The zero-order chi connectivity index (χ0) is 14.4. The molecule has 1 atom stereocenters. The molecule has 0 aromatic heterocycles. The number of sulfone groups is 1. The van der Waals surface area contributed by atoms with Crippen molar-refractivity contribution in [1.29, 1.82) is 0 Å². The Morgan fingerprint density at radius 1 is 1.35 bits per heavy atom. The largest absolute Gasteiger partial charge is 0.381 e. The van der Waals surface area contributed by atoms with Crippen LogP contribution >= 0.6 is 0 Å². The Morgan fingerprint density at radius 3 is 2.70 bits per heavy atom. The molecule has 1 aliphatic heterocycles. The summed E-state index contributed by atoms with van der Waals surface area (Å²) in [6.07, 6.45) is 0.720. The van der Waals surface area contributed by atoms with E-state index in [-0.39, 0.29) is 16.8 Å². The van der Waals surface area contributed by atoms with Gasteiger partial charge >= 0.3 is 0 Å². The first-order valence-corrected chi connectivity index (χ1v) is 7.82. The van der Waals surface area contributed by atoms with E-state index in [1.54, 1.807) is 24.3 Å². The fraction of sp³-hybridized carbons (Fsp3) is 0.417. The first-order chi connectivity index (χ1) is 9.62. The number of para-hydroxylation sites is 1. The lowest BCUT2D eigenvalue weighted by Gasteiger charge is -2.07. The van der Waals surface area contributed by atoms with Gasteiger partial charge in [0, 0.05) is 6.61 Å². The van der Waals surface area contributed by atoms with Crippen LogP contribution in [0.1, 0.15) is 6.42 Å². The second-order valence-electron chi connectivity index (χ2n) is 4.46. The monoisotopic (exact) mass is 296 g/mol. The highest BCUT2D eigenvalue weighted by Crippen LogP contribution is 2.18. The van der Waals surface area contributed by atoms with Gasteiger partial charge in [-0.25, -0.2) is 13.4 Å². The van der Waals surface area contributed by atoms with Crippen molar-refractivity contribution in [2.24, 2.45) is 27.1 Å². The van der Waals surface area contributed by atoms with Crippen LogP contribution in [0.25, 0.3) is 0 Å². The standard InChI is InChI=1S/C12H16N4O3S/c13-16-15-12(14-11-4-2-1-3-5-11)20(17,18)9-10-6-7-19-8-10/h1-5,10H,6-9H2,(H2,13,14,15). The third-order valence-electron chi connectivity index (χ3n) is 2.88. The number of benzene rings is 1. The molecule has 0 spiro atoms. The molecule has 0 radical (unpaired) electrons. The molecule has 1 unspecified atom stereocenters. The zero-order valence-corrected chi connectivity index (χ0v) is 11.7. The lowest BCUT2D eigenvalue weighted by molar-refractivity contribution is 0.188. The molecule has 1 aliphatic rings. The summed E-state index contributed by atoms with van der Waals surface area (Å²) in [5.74, 6) is 4.89. The molecule has 1 saturated heterocycles. The van der Waals surface area contributed by atoms with Gasteiger partial charge in [0.25, 0.3) is 5.17 Å². The maximum Gasteiger partial charge on any atom is 0.269 e. The quantitative estimate of drug-likeness (QED) is 0.299. The number of amidine groups is 1. The van der Waals surface area contributed by atoms with E-state index in [1.165, 1.54) is 0 Å². The minimum Gasteiger partial charge on any atom is -0.381 e. The van der Waals surface area contributed by atoms with Gasteiger partial charge in [-0.1, -0.05) is 28.5 Å². The highest BCUT2D eigenvalue weighted by atomic mass is 32.2. The molecule has 0 aliphatic carbocycles. The third kappa shape index (κ3) is 3.84. The molecule has 1 fully saturated rings. The van der Waals surface area contributed by atoms with Crippen molar-refractivity contribution in [3.8, 4) is 0 Å². The van der Waals surface area contributed by atoms with Crippen LogP contribution < -0.4 is 5.84 Å². The van der Waals surface area contributed by atoms with Crippen molar-refractivity contribution in [2.75, 3.05) is 19.0 Å². The average Bonchev–Trinajstić information content (AvgIpc) is 2.91. The molecule has 1 aromatic rings. The molecule has 1 aromatic carbocycles. The molecule has 7 nitrogen and oxygen atoms in total. The van der Waals surface area contributed by atoms with Crippen LogP contribution in [0.3, 0.4) is 0 Å². The maximum atomic E-state index is 12.3. The van der Waals surface area contributed by atoms with E-state index in [9.17, 15) is 8.42 Å². The summed E-state index contributed by atoms with van der Waals surface area (Å²) in [7, 11) is -3.64. The van der Waals surface area contributed by atoms with Crippen LogP contribution in [0.5, 0.6) is 0 Å². The second-order valence-corrected chi connectivity index (χ2v) is 6.38. The predicted octanol–water partition coefficient (Wildman–Crippen LogP) is 1.45. The van der Waals surface area contributed by atoms with E-state index in [4.69, 9.17) is 10.6 Å². The average molecular weight is 296 g/mol. The van der Waals surface area contributed by atoms with E-state index >= 15 is 0 Å². The van der Waals surface area contributed by atoms with Gasteiger partial charge in [-0.05, 0) is 24.5 Å². The zero-order valence-electron chi connectivity index (χ0n) is 10.8. The summed E-state index contributed by atoms with van der Waals surface area (Å²) in [6.45, 7) is 1.03. The summed E-state index contributed by atoms with van der Waals surface area (Å²) in [5, 5.41) is 6.15. The molecule has 2 N–H and O–H groups in total. The minimum absolute atomic E-state index is 0.0334. The van der Waals surface area contributed by atoms with Gasteiger partial charge in [0.05, 0.1) is 18.0 Å². The first-order valence-electron chi connectivity index (χ1n) is 6.17. The Kier molecular flexibility index (Phi) is 4.80. The molecule has 0 saturated carbocycles. The molecule has 1 heterocycles. The summed E-state index contributed by atoms with van der Waals surface area (Å²) in [4.78, 5) is 4.01. The van der Waals surface area contributed by atoms with Crippen molar-refractivity contribution in [3.05, 3.63) is 30.3 Å². The number of nitrogens with two attached hydrogens (primary N) is 1. The Hall–Kier alpha value is -1.80. The van der Waals surface area contributed by atoms with Crippen molar-refractivity contribution < 1.29 is 13.2 Å². The number of hydrogen-bond donors (Lipinski definition) is 1. The van der Waals surface area contributed by atoms with Gasteiger partial charge in [0.2, 0.25) is 9.84 Å². The number of aliphatic imine (C=N–C) groups is 1. The summed E-state index contributed by atoms with van der Waals surface area (Å²) in [6, 6.07) is 8.69. The minimum atomic E-state index is -3.64. The molecule has 2 rings (SSSR count). The van der Waals surface area contributed by atoms with Gasteiger partial charge in [0.1, 0.15) is 0 Å². The van der Waals surface area contributed by atoms with Crippen molar-refractivity contribution in [1.82, 2.24) is 0 Å². The molecule has 8 heteroatoms. The van der Waals surface area contributed by atoms with Gasteiger partial charge in [0.15, 0.2) is 0 Å². The fourth-order valence-electron chi connectivity index (χ4n) is 1.92. The lowest BCUT2D eigenvalue weighted by atomic mass is 10.2. The number of ether oxygens (including phenoxy) is 1.